The quantitative estimate of drug-likeness (QED) is 0.478. The maximum atomic E-state index is 12.7. The Labute approximate surface area is 109 Å². The third kappa shape index (κ3) is 3.56. The van der Waals surface area contributed by atoms with Gasteiger partial charge in [0, 0.05) is 11.8 Å². The number of hydrogen-bond donors (Lipinski definition) is 2. The highest BCUT2D eigenvalue weighted by Gasteiger charge is 2.40. The van der Waals surface area contributed by atoms with E-state index in [4.69, 9.17) is 5.11 Å². The maximum Gasteiger partial charge on any atom is 0.342 e. The molecule has 0 fully saturated rings. The molecule has 0 saturated carbocycles. The molecular formula is C10H8F4N2O4. The number of hydrogen-bond acceptors (Lipinski definition) is 4. The number of nitrogens with zero attached hydrogens (tertiary/aromatic N) is 1. The standard InChI is InChI=1S/C10H8F4N2O4/c11-9(12)10(13,14)4-15-5-1-2-7(16(19)20)6(3-5)8(17)18/h1-3,9,15H,4H2,(H,17,18). The average molecular weight is 296 g/mol. The van der Waals surface area contributed by atoms with Gasteiger partial charge in [0.25, 0.3) is 5.69 Å². The van der Waals surface area contributed by atoms with E-state index in [2.05, 4.69) is 0 Å². The summed E-state index contributed by atoms with van der Waals surface area (Å²) in [6.45, 7) is -1.43. The molecule has 110 valence electrons. The van der Waals surface area contributed by atoms with E-state index in [0.717, 1.165) is 18.2 Å². The highest BCUT2D eigenvalue weighted by Crippen LogP contribution is 2.26. The van der Waals surface area contributed by atoms with Gasteiger partial charge in [-0.05, 0) is 12.1 Å². The highest BCUT2D eigenvalue weighted by molar-refractivity contribution is 5.93. The maximum absolute atomic E-state index is 12.7. The Hall–Kier alpha value is -2.39. The Balaban J connectivity index is 2.96. The van der Waals surface area contributed by atoms with Crippen LogP contribution in [0.15, 0.2) is 18.2 Å². The minimum Gasteiger partial charge on any atom is -0.477 e. The van der Waals surface area contributed by atoms with Crippen molar-refractivity contribution in [1.82, 2.24) is 0 Å². The van der Waals surface area contributed by atoms with E-state index in [9.17, 15) is 32.5 Å². The molecule has 0 spiro atoms. The molecule has 1 aromatic rings. The number of carboxylic acid groups (broad SMARTS) is 1. The highest BCUT2D eigenvalue weighted by atomic mass is 19.3. The summed E-state index contributed by atoms with van der Waals surface area (Å²) in [5.41, 5.74) is -1.71. The molecule has 6 nitrogen and oxygen atoms in total. The van der Waals surface area contributed by atoms with Crippen molar-refractivity contribution in [3.63, 3.8) is 0 Å². The van der Waals surface area contributed by atoms with Crippen molar-refractivity contribution in [1.29, 1.82) is 0 Å². The minimum atomic E-state index is -4.30. The van der Waals surface area contributed by atoms with Crippen molar-refractivity contribution in [2.45, 2.75) is 12.3 Å². The Morgan fingerprint density at radius 3 is 2.50 bits per heavy atom. The molecule has 0 bridgehead atoms. The molecule has 0 aromatic heterocycles. The van der Waals surface area contributed by atoms with Crippen molar-refractivity contribution < 1.29 is 32.4 Å². The summed E-state index contributed by atoms with van der Waals surface area (Å²) in [5.74, 6) is -5.94. The van der Waals surface area contributed by atoms with Crippen LogP contribution in [0.2, 0.25) is 0 Å². The third-order valence-corrected chi connectivity index (χ3v) is 2.27. The fourth-order valence-corrected chi connectivity index (χ4v) is 1.27. The number of benzene rings is 1. The zero-order valence-electron chi connectivity index (χ0n) is 9.65. The van der Waals surface area contributed by atoms with Gasteiger partial charge in [-0.1, -0.05) is 0 Å². The Bertz CT molecular complexity index is 536. The summed E-state index contributed by atoms with van der Waals surface area (Å²) >= 11 is 0. The Morgan fingerprint density at radius 2 is 2.05 bits per heavy atom. The average Bonchev–Trinajstić information content (AvgIpc) is 2.35. The fourth-order valence-electron chi connectivity index (χ4n) is 1.27. The molecule has 0 aliphatic rings. The molecule has 0 atom stereocenters. The van der Waals surface area contributed by atoms with E-state index < -0.39 is 41.0 Å². The van der Waals surface area contributed by atoms with E-state index >= 15 is 0 Å². The monoisotopic (exact) mass is 296 g/mol. The lowest BCUT2D eigenvalue weighted by Gasteiger charge is -2.16. The van der Waals surface area contributed by atoms with Crippen LogP contribution in [0.25, 0.3) is 0 Å². The van der Waals surface area contributed by atoms with Crippen LogP contribution in [-0.4, -0.2) is 34.9 Å². The van der Waals surface area contributed by atoms with Crippen LogP contribution in [-0.2, 0) is 0 Å². The van der Waals surface area contributed by atoms with Gasteiger partial charge in [-0.3, -0.25) is 10.1 Å². The second kappa shape index (κ2) is 5.72. The van der Waals surface area contributed by atoms with Gasteiger partial charge in [0.15, 0.2) is 0 Å². The van der Waals surface area contributed by atoms with E-state index in [1.54, 1.807) is 0 Å². The van der Waals surface area contributed by atoms with Crippen LogP contribution in [0.5, 0.6) is 0 Å². The molecule has 1 rings (SSSR count). The predicted octanol–water partition coefficient (Wildman–Crippen LogP) is 2.61. The van der Waals surface area contributed by atoms with Gasteiger partial charge in [-0.25, -0.2) is 13.6 Å². The summed E-state index contributed by atoms with van der Waals surface area (Å²) in [5, 5.41) is 21.2. The summed E-state index contributed by atoms with van der Waals surface area (Å²) < 4.78 is 49.2. The number of nitro groups is 1. The molecule has 0 saturated heterocycles. The largest absolute Gasteiger partial charge is 0.477 e. The van der Waals surface area contributed by atoms with Gasteiger partial charge in [0.1, 0.15) is 5.56 Å². The van der Waals surface area contributed by atoms with Crippen LogP contribution in [0.4, 0.5) is 28.9 Å². The number of aromatic carboxylic acids is 1. The number of alkyl halides is 4. The smallest absolute Gasteiger partial charge is 0.342 e. The van der Waals surface area contributed by atoms with Crippen LogP contribution >= 0.6 is 0 Å². The summed E-state index contributed by atoms with van der Waals surface area (Å²) in [7, 11) is 0. The number of carbonyl (C=O) groups is 1. The van der Waals surface area contributed by atoms with Gasteiger partial charge in [0.2, 0.25) is 0 Å². The number of carboxylic acids is 1. The number of rotatable bonds is 6. The minimum absolute atomic E-state index is 0.242. The zero-order chi connectivity index (χ0) is 15.5. The lowest BCUT2D eigenvalue weighted by Crippen LogP contribution is -2.34. The van der Waals surface area contributed by atoms with Gasteiger partial charge >= 0.3 is 18.3 Å². The van der Waals surface area contributed by atoms with Crippen molar-refractivity contribution in [2.75, 3.05) is 11.9 Å². The molecule has 1 aromatic carbocycles. The molecule has 0 aliphatic carbocycles. The molecule has 2 N–H and O–H groups in total. The van der Waals surface area contributed by atoms with Crippen molar-refractivity contribution in [3.05, 3.63) is 33.9 Å². The fraction of sp³-hybridized carbons (Fsp3) is 0.300. The molecular weight excluding hydrogens is 288 g/mol. The first kappa shape index (κ1) is 15.7. The first-order valence-corrected chi connectivity index (χ1v) is 5.06. The van der Waals surface area contributed by atoms with E-state index in [0.29, 0.717) is 0 Å². The van der Waals surface area contributed by atoms with Gasteiger partial charge < -0.3 is 10.4 Å². The molecule has 0 unspecified atom stereocenters. The lowest BCUT2D eigenvalue weighted by molar-refractivity contribution is -0.385. The SMILES string of the molecule is O=C(O)c1cc(NCC(F)(F)C(F)F)ccc1[N+](=O)[O-]. The molecule has 0 radical (unpaired) electrons. The van der Waals surface area contributed by atoms with Gasteiger partial charge in [-0.2, -0.15) is 8.78 Å². The molecule has 0 heterocycles. The molecule has 0 aliphatic heterocycles. The first-order valence-electron chi connectivity index (χ1n) is 5.06. The summed E-state index contributed by atoms with van der Waals surface area (Å²) in [6.07, 6.45) is -3.88. The van der Waals surface area contributed by atoms with E-state index in [1.165, 1.54) is 0 Å². The lowest BCUT2D eigenvalue weighted by atomic mass is 10.1. The summed E-state index contributed by atoms with van der Waals surface area (Å²) in [4.78, 5) is 20.4. The second-order valence-electron chi connectivity index (χ2n) is 3.71. The number of nitro benzene ring substituents is 1. The second-order valence-corrected chi connectivity index (χ2v) is 3.71. The molecule has 0 amide bonds. The Kier molecular flexibility index (Phi) is 4.48. The van der Waals surface area contributed by atoms with Gasteiger partial charge in [-0.15, -0.1) is 0 Å². The van der Waals surface area contributed by atoms with Gasteiger partial charge in [0.05, 0.1) is 11.5 Å². The van der Waals surface area contributed by atoms with Crippen LogP contribution < -0.4 is 5.32 Å². The number of halogens is 4. The number of nitrogens with one attached hydrogen (secondary N) is 1. The van der Waals surface area contributed by atoms with Crippen LogP contribution in [0.1, 0.15) is 10.4 Å². The number of anilines is 1. The topological polar surface area (TPSA) is 92.5 Å². The van der Waals surface area contributed by atoms with E-state index in [-0.39, 0.29) is 5.69 Å². The normalized spacial score (nSPS) is 11.4. The summed E-state index contributed by atoms with van der Waals surface area (Å²) in [6, 6.07) is 2.46. The van der Waals surface area contributed by atoms with E-state index in [1.807, 2.05) is 5.32 Å². The zero-order valence-corrected chi connectivity index (χ0v) is 9.65. The van der Waals surface area contributed by atoms with Crippen molar-refractivity contribution >= 4 is 17.3 Å². The molecule has 10 heteroatoms. The van der Waals surface area contributed by atoms with Crippen LogP contribution in [0, 0.1) is 10.1 Å². The molecule has 20 heavy (non-hydrogen) atoms. The third-order valence-electron chi connectivity index (χ3n) is 2.27. The Morgan fingerprint density at radius 1 is 1.45 bits per heavy atom. The predicted molar refractivity (Wildman–Crippen MR) is 59.5 cm³/mol. The van der Waals surface area contributed by atoms with Crippen molar-refractivity contribution in [3.8, 4) is 0 Å². The van der Waals surface area contributed by atoms with Crippen LogP contribution in [0.3, 0.4) is 0 Å². The first-order chi connectivity index (χ1) is 9.15. The van der Waals surface area contributed by atoms with Crippen molar-refractivity contribution in [2.24, 2.45) is 0 Å².